The predicted octanol–water partition coefficient (Wildman–Crippen LogP) is 2.66. The topological polar surface area (TPSA) is 87.5 Å². The quantitative estimate of drug-likeness (QED) is 0.645. The summed E-state index contributed by atoms with van der Waals surface area (Å²) in [5.41, 5.74) is 8.55. The van der Waals surface area contributed by atoms with E-state index >= 15 is 0 Å². The molecule has 0 saturated heterocycles. The third kappa shape index (κ3) is 3.95. The molecule has 2 N–H and O–H groups in total. The van der Waals surface area contributed by atoms with Crippen LogP contribution < -0.4 is 10.9 Å². The molecule has 25 heavy (non-hydrogen) atoms. The van der Waals surface area contributed by atoms with Crippen LogP contribution in [0.25, 0.3) is 0 Å². The number of non-ortho nitro benzene ring substituents is 1. The molecule has 7 heteroatoms. The summed E-state index contributed by atoms with van der Waals surface area (Å²) in [5.74, 6) is -0.132. The second-order valence-corrected chi connectivity index (χ2v) is 6.13. The Morgan fingerprint density at radius 2 is 1.96 bits per heavy atom. The van der Waals surface area contributed by atoms with Gasteiger partial charge in [-0.05, 0) is 36.7 Å². The Bertz CT molecular complexity index is 776. The maximum atomic E-state index is 12.3. The summed E-state index contributed by atoms with van der Waals surface area (Å²) in [7, 11) is 2.03. The standard InChI is InChI=1S/C18H20N4O3/c1-21-11-10-13-4-2-3-5-16(13)17(21)12-18(23)20-19-14-6-8-15(9-7-14)22(24)25/h2-9,17,19H,10-12H2,1H3,(H,20,23). The second-order valence-electron chi connectivity index (χ2n) is 6.13. The van der Waals surface area contributed by atoms with E-state index < -0.39 is 4.92 Å². The van der Waals surface area contributed by atoms with Crippen molar-refractivity contribution in [1.29, 1.82) is 0 Å². The van der Waals surface area contributed by atoms with E-state index in [4.69, 9.17) is 0 Å². The number of hydrogen-bond acceptors (Lipinski definition) is 5. The number of rotatable bonds is 5. The summed E-state index contributed by atoms with van der Waals surface area (Å²) in [6, 6.07) is 14.1. The van der Waals surface area contributed by atoms with Crippen molar-refractivity contribution >= 4 is 17.3 Å². The molecule has 2 aromatic carbocycles. The number of nitro groups is 1. The number of likely N-dealkylation sites (N-methyl/N-ethyl adjacent to an activating group) is 1. The van der Waals surface area contributed by atoms with Crippen LogP contribution in [0.3, 0.4) is 0 Å². The van der Waals surface area contributed by atoms with Crippen LogP contribution in [0, 0.1) is 10.1 Å². The average Bonchev–Trinajstić information content (AvgIpc) is 2.63. The number of carbonyl (C=O) groups is 1. The molecule has 2 aromatic rings. The van der Waals surface area contributed by atoms with Gasteiger partial charge in [0.05, 0.1) is 10.6 Å². The van der Waals surface area contributed by atoms with E-state index in [9.17, 15) is 14.9 Å². The van der Waals surface area contributed by atoms with Crippen molar-refractivity contribution in [1.82, 2.24) is 10.3 Å². The molecule has 1 aliphatic heterocycles. The Labute approximate surface area is 145 Å². The predicted molar refractivity (Wildman–Crippen MR) is 95.0 cm³/mol. The van der Waals surface area contributed by atoms with Crippen molar-refractivity contribution in [3.63, 3.8) is 0 Å². The van der Waals surface area contributed by atoms with Crippen LogP contribution in [0.4, 0.5) is 11.4 Å². The maximum absolute atomic E-state index is 12.3. The minimum atomic E-state index is -0.460. The summed E-state index contributed by atoms with van der Waals surface area (Å²) in [5, 5.41) is 10.6. The van der Waals surface area contributed by atoms with Gasteiger partial charge < -0.3 is 0 Å². The highest BCUT2D eigenvalue weighted by Gasteiger charge is 2.26. The molecular weight excluding hydrogens is 320 g/mol. The molecule has 1 aliphatic rings. The molecule has 7 nitrogen and oxygen atoms in total. The largest absolute Gasteiger partial charge is 0.299 e. The molecule has 0 bridgehead atoms. The first kappa shape index (κ1) is 16.9. The van der Waals surface area contributed by atoms with E-state index in [0.29, 0.717) is 12.1 Å². The molecule has 130 valence electrons. The fraction of sp³-hybridized carbons (Fsp3) is 0.278. The number of carbonyl (C=O) groups excluding carboxylic acids is 1. The second kappa shape index (κ2) is 7.31. The third-order valence-electron chi connectivity index (χ3n) is 4.48. The van der Waals surface area contributed by atoms with Gasteiger partial charge in [0.1, 0.15) is 0 Å². The zero-order valence-electron chi connectivity index (χ0n) is 13.9. The highest BCUT2D eigenvalue weighted by molar-refractivity contribution is 5.78. The van der Waals surface area contributed by atoms with Gasteiger partial charge in [0.2, 0.25) is 5.91 Å². The summed E-state index contributed by atoms with van der Waals surface area (Å²) < 4.78 is 0. The van der Waals surface area contributed by atoms with Crippen LogP contribution >= 0.6 is 0 Å². The number of nitrogens with zero attached hydrogens (tertiary/aromatic N) is 2. The van der Waals surface area contributed by atoms with Gasteiger partial charge in [-0.15, -0.1) is 0 Å². The van der Waals surface area contributed by atoms with Crippen LogP contribution in [0.1, 0.15) is 23.6 Å². The van der Waals surface area contributed by atoms with Crippen LogP contribution in [0.5, 0.6) is 0 Å². The molecular formula is C18H20N4O3. The first-order chi connectivity index (χ1) is 12.0. The van der Waals surface area contributed by atoms with Gasteiger partial charge in [0, 0.05) is 31.1 Å². The Balaban J connectivity index is 1.60. The van der Waals surface area contributed by atoms with Gasteiger partial charge >= 0.3 is 0 Å². The maximum Gasteiger partial charge on any atom is 0.269 e. The molecule has 0 spiro atoms. The Morgan fingerprint density at radius 1 is 1.24 bits per heavy atom. The molecule has 1 atom stereocenters. The number of amides is 1. The summed E-state index contributed by atoms with van der Waals surface area (Å²) >= 11 is 0. The van der Waals surface area contributed by atoms with Crippen molar-refractivity contribution in [2.45, 2.75) is 18.9 Å². The highest BCUT2D eigenvalue weighted by Crippen LogP contribution is 2.30. The minimum absolute atomic E-state index is 0.0114. The van der Waals surface area contributed by atoms with Gasteiger partial charge in [-0.1, -0.05) is 24.3 Å². The molecule has 0 saturated carbocycles. The van der Waals surface area contributed by atoms with Crippen molar-refractivity contribution in [3.8, 4) is 0 Å². The number of hydrazine groups is 1. The van der Waals surface area contributed by atoms with Gasteiger partial charge in [0.25, 0.3) is 5.69 Å². The normalized spacial score (nSPS) is 16.8. The van der Waals surface area contributed by atoms with E-state index in [2.05, 4.69) is 27.9 Å². The zero-order valence-corrected chi connectivity index (χ0v) is 13.9. The number of benzene rings is 2. The minimum Gasteiger partial charge on any atom is -0.299 e. The summed E-state index contributed by atoms with van der Waals surface area (Å²) in [6.45, 7) is 0.921. The lowest BCUT2D eigenvalue weighted by molar-refractivity contribution is -0.384. The SMILES string of the molecule is CN1CCc2ccccc2C1CC(=O)NNc1ccc([N+](=O)[O-])cc1. The fourth-order valence-electron chi connectivity index (χ4n) is 3.08. The van der Waals surface area contributed by atoms with Crippen molar-refractivity contribution in [2.75, 3.05) is 19.0 Å². The highest BCUT2D eigenvalue weighted by atomic mass is 16.6. The molecule has 1 heterocycles. The van der Waals surface area contributed by atoms with Crippen LogP contribution in [-0.4, -0.2) is 29.3 Å². The van der Waals surface area contributed by atoms with Crippen LogP contribution in [0.2, 0.25) is 0 Å². The lowest BCUT2D eigenvalue weighted by Gasteiger charge is -2.34. The van der Waals surface area contributed by atoms with Gasteiger partial charge in [-0.3, -0.25) is 30.7 Å². The van der Waals surface area contributed by atoms with Crippen molar-refractivity contribution < 1.29 is 9.72 Å². The fourth-order valence-corrected chi connectivity index (χ4v) is 3.08. The third-order valence-corrected chi connectivity index (χ3v) is 4.48. The average molecular weight is 340 g/mol. The first-order valence-corrected chi connectivity index (χ1v) is 8.12. The van der Waals surface area contributed by atoms with Gasteiger partial charge in [-0.25, -0.2) is 0 Å². The van der Waals surface area contributed by atoms with Crippen molar-refractivity contribution in [3.05, 3.63) is 69.8 Å². The molecule has 0 fully saturated rings. The van der Waals surface area contributed by atoms with Crippen LogP contribution in [-0.2, 0) is 11.2 Å². The number of hydrogen-bond donors (Lipinski definition) is 2. The van der Waals surface area contributed by atoms with Gasteiger partial charge in [-0.2, -0.15) is 0 Å². The Hall–Kier alpha value is -2.93. The lowest BCUT2D eigenvalue weighted by Crippen LogP contribution is -2.37. The molecule has 0 radical (unpaired) electrons. The van der Waals surface area contributed by atoms with Gasteiger partial charge in [0.15, 0.2) is 0 Å². The summed E-state index contributed by atoms with van der Waals surface area (Å²) in [4.78, 5) is 24.7. The number of anilines is 1. The lowest BCUT2D eigenvalue weighted by atomic mass is 9.91. The molecule has 0 aromatic heterocycles. The smallest absolute Gasteiger partial charge is 0.269 e. The van der Waals surface area contributed by atoms with E-state index in [0.717, 1.165) is 13.0 Å². The van der Waals surface area contributed by atoms with E-state index in [1.165, 1.54) is 23.3 Å². The monoisotopic (exact) mass is 340 g/mol. The van der Waals surface area contributed by atoms with Crippen molar-refractivity contribution in [2.24, 2.45) is 0 Å². The number of nitro benzene ring substituents is 1. The molecule has 1 unspecified atom stereocenters. The Morgan fingerprint density at radius 3 is 2.68 bits per heavy atom. The number of fused-ring (bicyclic) bond motifs is 1. The molecule has 3 rings (SSSR count). The van der Waals surface area contributed by atoms with E-state index in [-0.39, 0.29) is 17.6 Å². The zero-order chi connectivity index (χ0) is 17.8. The van der Waals surface area contributed by atoms with E-state index in [1.807, 2.05) is 19.2 Å². The molecule has 0 aliphatic carbocycles. The first-order valence-electron chi connectivity index (χ1n) is 8.12. The van der Waals surface area contributed by atoms with E-state index in [1.54, 1.807) is 12.1 Å². The summed E-state index contributed by atoms with van der Waals surface area (Å²) in [6.07, 6.45) is 1.33. The van der Waals surface area contributed by atoms with Crippen LogP contribution in [0.15, 0.2) is 48.5 Å². The molecule has 1 amide bonds. The number of nitrogens with one attached hydrogen (secondary N) is 2. The Kier molecular flexibility index (Phi) is 4.95.